The first-order chi connectivity index (χ1) is 14.4. The van der Waals surface area contributed by atoms with Crippen molar-refractivity contribution in [3.05, 3.63) is 52.2 Å². The summed E-state index contributed by atoms with van der Waals surface area (Å²) >= 11 is 1.79. The van der Waals surface area contributed by atoms with E-state index in [1.54, 1.807) is 18.4 Å². The molecule has 0 radical (unpaired) electrons. The highest BCUT2D eigenvalue weighted by atomic mass is 32.2. The van der Waals surface area contributed by atoms with Gasteiger partial charge in [0.25, 0.3) is 0 Å². The maximum absolute atomic E-state index is 12.1. The van der Waals surface area contributed by atoms with E-state index in [9.17, 15) is 8.42 Å². The molecule has 4 rings (SSSR count). The van der Waals surface area contributed by atoms with Gasteiger partial charge in [-0.05, 0) is 48.5 Å². The van der Waals surface area contributed by atoms with Crippen LogP contribution in [0.3, 0.4) is 0 Å². The first-order valence-electron chi connectivity index (χ1n) is 10.4. The normalized spacial score (nSPS) is 25.7. The molecule has 2 saturated heterocycles. The molecule has 0 bridgehead atoms. The quantitative estimate of drug-likeness (QED) is 0.704. The largest absolute Gasteiger partial charge is 0.497 e. The third-order valence-electron chi connectivity index (χ3n) is 6.36. The SMILES string of the molecule is COc1ccc(CN2CC[C@H](NS(C)(=O)=O)[C@]3(CCN(Cc4cccs4)C3)C2)cc1. The fourth-order valence-corrected chi connectivity index (χ4v) is 6.61. The van der Waals surface area contributed by atoms with Crippen molar-refractivity contribution < 1.29 is 13.2 Å². The van der Waals surface area contributed by atoms with E-state index in [-0.39, 0.29) is 11.5 Å². The third-order valence-corrected chi connectivity index (χ3v) is 7.93. The van der Waals surface area contributed by atoms with Crippen molar-refractivity contribution in [2.75, 3.05) is 39.5 Å². The summed E-state index contributed by atoms with van der Waals surface area (Å²) in [5, 5.41) is 2.12. The van der Waals surface area contributed by atoms with Crippen LogP contribution < -0.4 is 9.46 Å². The van der Waals surface area contributed by atoms with Gasteiger partial charge >= 0.3 is 0 Å². The molecule has 1 spiro atoms. The topological polar surface area (TPSA) is 61.9 Å². The minimum Gasteiger partial charge on any atom is -0.497 e. The monoisotopic (exact) mass is 449 g/mol. The second kappa shape index (κ2) is 8.96. The number of nitrogens with one attached hydrogen (secondary N) is 1. The second-order valence-corrected chi connectivity index (χ2v) is 11.5. The van der Waals surface area contributed by atoms with Gasteiger partial charge in [-0.3, -0.25) is 9.80 Å². The molecule has 164 valence electrons. The zero-order chi connectivity index (χ0) is 21.2. The Balaban J connectivity index is 1.48. The average molecular weight is 450 g/mol. The summed E-state index contributed by atoms with van der Waals surface area (Å²) in [6, 6.07) is 12.5. The molecule has 0 aliphatic carbocycles. The van der Waals surface area contributed by atoms with Crippen molar-refractivity contribution in [3.63, 3.8) is 0 Å². The highest BCUT2D eigenvalue weighted by Crippen LogP contribution is 2.40. The Kier molecular flexibility index (Phi) is 6.50. The van der Waals surface area contributed by atoms with Crippen LogP contribution in [-0.4, -0.2) is 63.8 Å². The summed E-state index contributed by atoms with van der Waals surface area (Å²) < 4.78 is 32.4. The van der Waals surface area contributed by atoms with E-state index in [2.05, 4.69) is 44.2 Å². The number of thiophene rings is 1. The Bertz CT molecular complexity index is 931. The Morgan fingerprint density at radius 3 is 2.50 bits per heavy atom. The molecule has 8 heteroatoms. The molecule has 0 saturated carbocycles. The summed E-state index contributed by atoms with van der Waals surface area (Å²) in [7, 11) is -1.56. The zero-order valence-electron chi connectivity index (χ0n) is 17.7. The van der Waals surface area contributed by atoms with Crippen molar-refractivity contribution in [2.24, 2.45) is 5.41 Å². The summed E-state index contributed by atoms with van der Waals surface area (Å²) in [4.78, 5) is 6.34. The number of methoxy groups -OCH3 is 1. The van der Waals surface area contributed by atoms with Gasteiger partial charge in [0.15, 0.2) is 0 Å². The van der Waals surface area contributed by atoms with Gasteiger partial charge in [0.1, 0.15) is 5.75 Å². The molecule has 2 aromatic rings. The number of piperidine rings is 1. The number of benzene rings is 1. The van der Waals surface area contributed by atoms with E-state index in [1.165, 1.54) is 16.7 Å². The van der Waals surface area contributed by atoms with Gasteiger partial charge in [0, 0.05) is 49.1 Å². The van der Waals surface area contributed by atoms with Crippen LogP contribution in [0.25, 0.3) is 0 Å². The molecule has 30 heavy (non-hydrogen) atoms. The van der Waals surface area contributed by atoms with Crippen molar-refractivity contribution >= 4 is 21.4 Å². The lowest BCUT2D eigenvalue weighted by Gasteiger charge is -2.46. The number of hydrogen-bond donors (Lipinski definition) is 1. The highest BCUT2D eigenvalue weighted by Gasteiger charge is 2.48. The van der Waals surface area contributed by atoms with Gasteiger partial charge in [-0.15, -0.1) is 11.3 Å². The molecular weight excluding hydrogens is 418 g/mol. The fourth-order valence-electron chi connectivity index (χ4n) is 4.97. The maximum atomic E-state index is 12.1. The average Bonchev–Trinajstić information content (AvgIpc) is 3.35. The molecule has 6 nitrogen and oxygen atoms in total. The Labute approximate surface area is 183 Å². The number of ether oxygens (including phenoxy) is 1. The summed E-state index contributed by atoms with van der Waals surface area (Å²) in [6.45, 7) is 5.57. The van der Waals surface area contributed by atoms with E-state index in [1.807, 2.05) is 12.1 Å². The Morgan fingerprint density at radius 1 is 1.13 bits per heavy atom. The van der Waals surface area contributed by atoms with Crippen molar-refractivity contribution in [1.82, 2.24) is 14.5 Å². The number of sulfonamides is 1. The van der Waals surface area contributed by atoms with Crippen LogP contribution in [0.5, 0.6) is 5.75 Å². The molecule has 0 amide bonds. The minimum absolute atomic E-state index is 0.00652. The highest BCUT2D eigenvalue weighted by molar-refractivity contribution is 7.88. The van der Waals surface area contributed by atoms with Crippen LogP contribution in [0.2, 0.25) is 0 Å². The van der Waals surface area contributed by atoms with Crippen LogP contribution in [0.1, 0.15) is 23.3 Å². The van der Waals surface area contributed by atoms with Gasteiger partial charge in [0.05, 0.1) is 13.4 Å². The van der Waals surface area contributed by atoms with Gasteiger partial charge in [0.2, 0.25) is 10.0 Å². The van der Waals surface area contributed by atoms with Crippen molar-refractivity contribution in [2.45, 2.75) is 32.0 Å². The van der Waals surface area contributed by atoms with Gasteiger partial charge in [-0.25, -0.2) is 13.1 Å². The van der Waals surface area contributed by atoms with Crippen LogP contribution in [0.4, 0.5) is 0 Å². The lowest BCUT2D eigenvalue weighted by molar-refractivity contribution is 0.0594. The molecule has 0 unspecified atom stereocenters. The predicted molar refractivity (Wildman–Crippen MR) is 121 cm³/mol. The smallest absolute Gasteiger partial charge is 0.208 e. The zero-order valence-corrected chi connectivity index (χ0v) is 19.3. The molecule has 3 heterocycles. The predicted octanol–water partition coefficient (Wildman–Crippen LogP) is 2.77. The first-order valence-corrected chi connectivity index (χ1v) is 13.2. The van der Waals surface area contributed by atoms with E-state index in [0.29, 0.717) is 0 Å². The summed E-state index contributed by atoms with van der Waals surface area (Å²) in [6.07, 6.45) is 3.14. The molecule has 1 aromatic carbocycles. The Morgan fingerprint density at radius 2 is 1.87 bits per heavy atom. The Hall–Kier alpha value is -1.45. The standard InChI is InChI=1S/C22H31N3O3S2/c1-28-19-7-5-18(6-8-19)14-24-11-9-21(23-30(2,26)27)22(16-24)10-12-25(17-22)15-20-4-3-13-29-20/h3-8,13,21,23H,9-12,14-17H2,1-2H3/t21-,22+/m0/s1. The van der Waals surface area contributed by atoms with Crippen LogP contribution >= 0.6 is 11.3 Å². The number of nitrogens with zero attached hydrogens (tertiary/aromatic N) is 2. The van der Waals surface area contributed by atoms with Crippen molar-refractivity contribution in [1.29, 1.82) is 0 Å². The van der Waals surface area contributed by atoms with Gasteiger partial charge < -0.3 is 4.74 Å². The molecule has 1 N–H and O–H groups in total. The van der Waals surface area contributed by atoms with Crippen LogP contribution in [-0.2, 0) is 23.1 Å². The molecule has 2 aliphatic heterocycles. The fraction of sp³-hybridized carbons (Fsp3) is 0.545. The molecule has 2 fully saturated rings. The van der Waals surface area contributed by atoms with E-state index in [0.717, 1.165) is 57.9 Å². The molecule has 1 aromatic heterocycles. The first kappa shape index (κ1) is 21.8. The number of rotatable bonds is 7. The lowest BCUT2D eigenvalue weighted by Crippen LogP contribution is -2.58. The molecule has 2 atom stereocenters. The van der Waals surface area contributed by atoms with E-state index in [4.69, 9.17) is 4.74 Å². The van der Waals surface area contributed by atoms with E-state index >= 15 is 0 Å². The van der Waals surface area contributed by atoms with Crippen LogP contribution in [0, 0.1) is 5.41 Å². The summed E-state index contributed by atoms with van der Waals surface area (Å²) in [5.74, 6) is 0.867. The molecule has 2 aliphatic rings. The summed E-state index contributed by atoms with van der Waals surface area (Å²) in [5.41, 5.74) is 1.21. The third kappa shape index (κ3) is 5.23. The maximum Gasteiger partial charge on any atom is 0.208 e. The second-order valence-electron chi connectivity index (χ2n) is 8.69. The van der Waals surface area contributed by atoms with Crippen LogP contribution in [0.15, 0.2) is 41.8 Å². The van der Waals surface area contributed by atoms with E-state index < -0.39 is 10.0 Å². The molecular formula is C22H31N3O3S2. The van der Waals surface area contributed by atoms with Gasteiger partial charge in [-0.1, -0.05) is 18.2 Å². The number of likely N-dealkylation sites (tertiary alicyclic amines) is 2. The number of hydrogen-bond acceptors (Lipinski definition) is 6. The minimum atomic E-state index is -3.24. The van der Waals surface area contributed by atoms with Gasteiger partial charge in [-0.2, -0.15) is 0 Å². The van der Waals surface area contributed by atoms with Crippen molar-refractivity contribution in [3.8, 4) is 5.75 Å². The lowest BCUT2D eigenvalue weighted by atomic mass is 9.75.